The number of rotatable bonds is 4. The Kier molecular flexibility index (Phi) is 6.82. The van der Waals surface area contributed by atoms with Gasteiger partial charge in [0.25, 0.3) is 0 Å². The third-order valence-electron chi connectivity index (χ3n) is 2.00. The summed E-state index contributed by atoms with van der Waals surface area (Å²) in [7, 11) is 0. The van der Waals surface area contributed by atoms with Crippen molar-refractivity contribution in [3.05, 3.63) is 35.4 Å². The second kappa shape index (κ2) is 7.37. The van der Waals surface area contributed by atoms with Gasteiger partial charge in [0.05, 0.1) is 11.6 Å². The van der Waals surface area contributed by atoms with Crippen LogP contribution in [0.3, 0.4) is 0 Å². The van der Waals surface area contributed by atoms with Gasteiger partial charge < -0.3 is 5.73 Å². The van der Waals surface area contributed by atoms with Crippen LogP contribution in [0.2, 0.25) is 0 Å². The Labute approximate surface area is 91.1 Å². The van der Waals surface area contributed by atoms with Crippen LogP contribution in [0.25, 0.3) is 0 Å². The molecule has 0 atom stereocenters. The molecule has 0 radical (unpaired) electrons. The summed E-state index contributed by atoms with van der Waals surface area (Å²) < 4.78 is 0. The van der Waals surface area contributed by atoms with Gasteiger partial charge in [-0.25, -0.2) is 0 Å². The Morgan fingerprint density at radius 2 is 1.79 bits per heavy atom. The van der Waals surface area contributed by atoms with Crippen LogP contribution in [-0.4, -0.2) is 6.54 Å². The van der Waals surface area contributed by atoms with Crippen molar-refractivity contribution in [1.82, 2.24) is 0 Å². The number of benzene rings is 1. The first-order valence-electron chi connectivity index (χ1n) is 4.56. The van der Waals surface area contributed by atoms with E-state index >= 15 is 0 Å². The first kappa shape index (κ1) is 13.0. The van der Waals surface area contributed by atoms with E-state index < -0.39 is 0 Å². The molecular weight excluding hydrogens is 196 g/mol. The van der Waals surface area contributed by atoms with E-state index in [4.69, 9.17) is 11.0 Å². The van der Waals surface area contributed by atoms with Crippen molar-refractivity contribution >= 4 is 12.4 Å². The average Bonchev–Trinajstić information content (AvgIpc) is 2.19. The molecule has 0 aliphatic heterocycles. The molecular formula is C11H15ClN2. The van der Waals surface area contributed by atoms with Crippen LogP contribution < -0.4 is 5.73 Å². The lowest BCUT2D eigenvalue weighted by atomic mass is 10.1. The molecule has 0 aliphatic rings. The Hall–Kier alpha value is -1.04. The van der Waals surface area contributed by atoms with E-state index in [2.05, 4.69) is 6.07 Å². The molecule has 2 N–H and O–H groups in total. The van der Waals surface area contributed by atoms with Crippen LogP contribution in [0.1, 0.15) is 24.0 Å². The van der Waals surface area contributed by atoms with Crippen LogP contribution in [0, 0.1) is 11.3 Å². The standard InChI is InChI=1S/C11H14N2.ClH/c12-8-2-1-3-10-4-6-11(9-13)7-5-10;/h4-7H,1-3,8,12H2;1H. The van der Waals surface area contributed by atoms with E-state index in [9.17, 15) is 0 Å². The fourth-order valence-corrected chi connectivity index (χ4v) is 1.22. The summed E-state index contributed by atoms with van der Waals surface area (Å²) in [5.41, 5.74) is 7.40. The van der Waals surface area contributed by atoms with Crippen molar-refractivity contribution in [2.24, 2.45) is 5.73 Å². The van der Waals surface area contributed by atoms with Gasteiger partial charge in [0.15, 0.2) is 0 Å². The number of hydrogen-bond acceptors (Lipinski definition) is 2. The monoisotopic (exact) mass is 210 g/mol. The Morgan fingerprint density at radius 3 is 2.29 bits per heavy atom. The van der Waals surface area contributed by atoms with Gasteiger partial charge in [-0.3, -0.25) is 0 Å². The minimum absolute atomic E-state index is 0. The van der Waals surface area contributed by atoms with Crippen LogP contribution >= 0.6 is 12.4 Å². The molecule has 14 heavy (non-hydrogen) atoms. The predicted molar refractivity (Wildman–Crippen MR) is 60.4 cm³/mol. The van der Waals surface area contributed by atoms with Crippen LogP contribution in [0.15, 0.2) is 24.3 Å². The van der Waals surface area contributed by atoms with Crippen molar-refractivity contribution in [3.63, 3.8) is 0 Å². The summed E-state index contributed by atoms with van der Waals surface area (Å²) in [5.74, 6) is 0. The molecule has 0 aliphatic carbocycles. The maximum absolute atomic E-state index is 8.58. The van der Waals surface area contributed by atoms with Gasteiger partial charge >= 0.3 is 0 Å². The minimum Gasteiger partial charge on any atom is -0.330 e. The first-order valence-corrected chi connectivity index (χ1v) is 4.56. The summed E-state index contributed by atoms with van der Waals surface area (Å²) in [6.07, 6.45) is 3.26. The van der Waals surface area contributed by atoms with Crippen LogP contribution in [-0.2, 0) is 6.42 Å². The van der Waals surface area contributed by atoms with Crippen molar-refractivity contribution in [2.45, 2.75) is 19.3 Å². The van der Waals surface area contributed by atoms with Gasteiger partial charge in [-0.2, -0.15) is 5.26 Å². The number of nitriles is 1. The van der Waals surface area contributed by atoms with Crippen molar-refractivity contribution in [3.8, 4) is 6.07 Å². The Balaban J connectivity index is 0.00000169. The number of nitrogens with zero attached hydrogens (tertiary/aromatic N) is 1. The second-order valence-electron chi connectivity index (χ2n) is 3.05. The number of aryl methyl sites for hydroxylation is 1. The molecule has 0 saturated heterocycles. The van der Waals surface area contributed by atoms with E-state index in [1.165, 1.54) is 5.56 Å². The topological polar surface area (TPSA) is 49.8 Å². The van der Waals surface area contributed by atoms with Gasteiger partial charge in [-0.05, 0) is 43.5 Å². The van der Waals surface area contributed by atoms with Crippen molar-refractivity contribution < 1.29 is 0 Å². The van der Waals surface area contributed by atoms with E-state index in [-0.39, 0.29) is 12.4 Å². The molecule has 0 bridgehead atoms. The van der Waals surface area contributed by atoms with Gasteiger partial charge in [0.2, 0.25) is 0 Å². The molecule has 0 unspecified atom stereocenters. The molecule has 0 fully saturated rings. The van der Waals surface area contributed by atoms with Crippen molar-refractivity contribution in [1.29, 1.82) is 5.26 Å². The zero-order chi connectivity index (χ0) is 9.52. The molecule has 0 saturated carbocycles. The number of hydrogen-bond donors (Lipinski definition) is 1. The number of unbranched alkanes of at least 4 members (excludes halogenated alkanes) is 1. The van der Waals surface area contributed by atoms with Crippen molar-refractivity contribution in [2.75, 3.05) is 6.54 Å². The molecule has 1 rings (SSSR count). The summed E-state index contributed by atoms with van der Waals surface area (Å²) in [6, 6.07) is 9.84. The van der Waals surface area contributed by atoms with Crippen LogP contribution in [0.5, 0.6) is 0 Å². The van der Waals surface area contributed by atoms with Crippen LogP contribution in [0.4, 0.5) is 0 Å². The van der Waals surface area contributed by atoms with E-state index in [1.807, 2.05) is 24.3 Å². The lowest BCUT2D eigenvalue weighted by molar-refractivity contribution is 0.745. The zero-order valence-corrected chi connectivity index (χ0v) is 8.89. The van der Waals surface area contributed by atoms with E-state index in [1.54, 1.807) is 0 Å². The molecule has 3 heteroatoms. The molecule has 76 valence electrons. The molecule has 1 aromatic rings. The molecule has 1 aromatic carbocycles. The highest BCUT2D eigenvalue weighted by atomic mass is 35.5. The normalized spacial score (nSPS) is 8.86. The third-order valence-corrected chi connectivity index (χ3v) is 2.00. The van der Waals surface area contributed by atoms with Gasteiger partial charge in [-0.15, -0.1) is 12.4 Å². The third kappa shape index (κ3) is 4.27. The molecule has 0 amide bonds. The number of halogens is 1. The summed E-state index contributed by atoms with van der Waals surface area (Å²) in [6.45, 7) is 0.760. The first-order chi connectivity index (χ1) is 6.36. The molecule has 0 spiro atoms. The summed E-state index contributed by atoms with van der Waals surface area (Å²) in [5, 5.41) is 8.58. The molecule has 2 nitrogen and oxygen atoms in total. The second-order valence-corrected chi connectivity index (χ2v) is 3.05. The summed E-state index contributed by atoms with van der Waals surface area (Å²) >= 11 is 0. The molecule has 0 aromatic heterocycles. The quantitative estimate of drug-likeness (QED) is 0.776. The Morgan fingerprint density at radius 1 is 1.14 bits per heavy atom. The zero-order valence-electron chi connectivity index (χ0n) is 8.07. The van der Waals surface area contributed by atoms with Gasteiger partial charge in [0, 0.05) is 0 Å². The Bertz CT molecular complexity index is 287. The van der Waals surface area contributed by atoms with E-state index in [0.29, 0.717) is 0 Å². The lowest BCUT2D eigenvalue weighted by Crippen LogP contribution is -1.98. The minimum atomic E-state index is 0. The molecule has 0 heterocycles. The number of nitrogens with two attached hydrogens (primary N) is 1. The van der Waals surface area contributed by atoms with Gasteiger partial charge in [-0.1, -0.05) is 12.1 Å². The fourth-order valence-electron chi connectivity index (χ4n) is 1.22. The lowest BCUT2D eigenvalue weighted by Gasteiger charge is -1.99. The highest BCUT2D eigenvalue weighted by Gasteiger charge is 1.93. The largest absolute Gasteiger partial charge is 0.330 e. The maximum atomic E-state index is 8.58. The summed E-state index contributed by atoms with van der Waals surface area (Å²) in [4.78, 5) is 0. The predicted octanol–water partition coefficient (Wildman–Crippen LogP) is 2.26. The maximum Gasteiger partial charge on any atom is 0.0991 e. The smallest absolute Gasteiger partial charge is 0.0991 e. The van der Waals surface area contributed by atoms with E-state index in [0.717, 1.165) is 31.4 Å². The van der Waals surface area contributed by atoms with Gasteiger partial charge in [0.1, 0.15) is 0 Å². The average molecular weight is 211 g/mol. The highest BCUT2D eigenvalue weighted by Crippen LogP contribution is 2.06. The highest BCUT2D eigenvalue weighted by molar-refractivity contribution is 5.85. The fraction of sp³-hybridized carbons (Fsp3) is 0.364. The SMILES string of the molecule is Cl.N#Cc1ccc(CCCCN)cc1.